The molecule has 1 saturated heterocycles. The van der Waals surface area contributed by atoms with Crippen molar-refractivity contribution in [2.24, 2.45) is 0 Å². The third kappa shape index (κ3) is 2.83. The van der Waals surface area contributed by atoms with Crippen LogP contribution >= 0.6 is 0 Å². The Morgan fingerprint density at radius 3 is 2.47 bits per heavy atom. The van der Waals surface area contributed by atoms with Gasteiger partial charge < -0.3 is 10.1 Å². The van der Waals surface area contributed by atoms with Gasteiger partial charge in [0.25, 0.3) is 0 Å². The molecule has 17 heavy (non-hydrogen) atoms. The van der Waals surface area contributed by atoms with Crippen LogP contribution < -0.4 is 5.32 Å². The van der Waals surface area contributed by atoms with E-state index < -0.39 is 0 Å². The summed E-state index contributed by atoms with van der Waals surface area (Å²) in [6.45, 7) is 9.86. The Hall–Kier alpha value is -0.120. The summed E-state index contributed by atoms with van der Waals surface area (Å²) in [5.41, 5.74) is 0.416. The highest BCUT2D eigenvalue weighted by Gasteiger charge is 2.43. The fraction of sp³-hybridized carbons (Fsp3) is 1.00. The Morgan fingerprint density at radius 2 is 1.88 bits per heavy atom. The van der Waals surface area contributed by atoms with E-state index >= 15 is 0 Å². The first kappa shape index (κ1) is 13.3. The maximum Gasteiger partial charge on any atom is 0.0594 e. The summed E-state index contributed by atoms with van der Waals surface area (Å²) in [6.07, 6.45) is 6.75. The van der Waals surface area contributed by atoms with Crippen molar-refractivity contribution in [1.29, 1.82) is 0 Å². The normalized spacial score (nSPS) is 27.2. The topological polar surface area (TPSA) is 24.5 Å². The highest BCUT2D eigenvalue weighted by Crippen LogP contribution is 2.38. The molecule has 1 heterocycles. The molecule has 0 aromatic heterocycles. The molecular weight excluding hydrogens is 212 g/mol. The first-order chi connectivity index (χ1) is 8.29. The Labute approximate surface area is 106 Å². The van der Waals surface area contributed by atoms with Gasteiger partial charge in [-0.1, -0.05) is 19.8 Å². The number of nitrogens with one attached hydrogen (secondary N) is 1. The van der Waals surface area contributed by atoms with Crippen LogP contribution in [0.15, 0.2) is 0 Å². The van der Waals surface area contributed by atoms with E-state index in [0.29, 0.717) is 11.6 Å². The molecule has 0 bridgehead atoms. The molecule has 0 aromatic carbocycles. The molecule has 1 aliphatic carbocycles. The molecule has 1 saturated carbocycles. The summed E-state index contributed by atoms with van der Waals surface area (Å²) in [5.74, 6) is 0. The molecule has 1 aliphatic heterocycles. The smallest absolute Gasteiger partial charge is 0.0594 e. The number of hydrogen-bond acceptors (Lipinski definition) is 3. The largest absolute Gasteiger partial charge is 0.379 e. The molecular formula is C14H28N2O. The van der Waals surface area contributed by atoms with Crippen LogP contribution in [0.4, 0.5) is 0 Å². The van der Waals surface area contributed by atoms with Crippen molar-refractivity contribution in [3.63, 3.8) is 0 Å². The van der Waals surface area contributed by atoms with Gasteiger partial charge in [-0.2, -0.15) is 0 Å². The predicted octanol–water partition coefficient (Wildman–Crippen LogP) is 2.02. The van der Waals surface area contributed by atoms with E-state index in [2.05, 4.69) is 24.1 Å². The van der Waals surface area contributed by atoms with Gasteiger partial charge in [0.05, 0.1) is 13.2 Å². The quantitative estimate of drug-likeness (QED) is 0.795. The van der Waals surface area contributed by atoms with E-state index in [-0.39, 0.29) is 0 Å². The number of hydrogen-bond donors (Lipinski definition) is 1. The second-order valence-corrected chi connectivity index (χ2v) is 5.59. The number of nitrogens with zero attached hydrogens (tertiary/aromatic N) is 1. The molecule has 1 atom stereocenters. The minimum atomic E-state index is 0.416. The standard InChI is InChI=1S/C14H28N2O/c1-3-8-15-13(2)14(6-4-5-7-14)16-9-11-17-12-10-16/h13,15H,3-12H2,1-2H3. The summed E-state index contributed by atoms with van der Waals surface area (Å²) in [4.78, 5) is 2.71. The molecule has 1 unspecified atom stereocenters. The lowest BCUT2D eigenvalue weighted by Crippen LogP contribution is -2.61. The van der Waals surface area contributed by atoms with E-state index in [9.17, 15) is 0 Å². The lowest BCUT2D eigenvalue weighted by atomic mass is 9.86. The second kappa shape index (κ2) is 6.17. The van der Waals surface area contributed by atoms with Crippen molar-refractivity contribution >= 4 is 0 Å². The minimum Gasteiger partial charge on any atom is -0.379 e. The molecule has 2 rings (SSSR count). The van der Waals surface area contributed by atoms with Crippen molar-refractivity contribution in [2.75, 3.05) is 32.8 Å². The van der Waals surface area contributed by atoms with Gasteiger partial charge >= 0.3 is 0 Å². The molecule has 0 amide bonds. The highest BCUT2D eigenvalue weighted by atomic mass is 16.5. The molecule has 0 radical (unpaired) electrons. The Bertz CT molecular complexity index is 220. The summed E-state index contributed by atoms with van der Waals surface area (Å²) in [6, 6.07) is 0.614. The molecule has 2 fully saturated rings. The van der Waals surface area contributed by atoms with E-state index in [0.717, 1.165) is 32.8 Å². The predicted molar refractivity (Wildman–Crippen MR) is 71.3 cm³/mol. The lowest BCUT2D eigenvalue weighted by molar-refractivity contribution is -0.0331. The number of rotatable bonds is 5. The molecule has 3 heteroatoms. The third-order valence-corrected chi connectivity index (χ3v) is 4.62. The third-order valence-electron chi connectivity index (χ3n) is 4.62. The van der Waals surface area contributed by atoms with Crippen molar-refractivity contribution in [1.82, 2.24) is 10.2 Å². The van der Waals surface area contributed by atoms with Crippen molar-refractivity contribution < 1.29 is 4.74 Å². The van der Waals surface area contributed by atoms with Gasteiger partial charge in [-0.05, 0) is 32.7 Å². The summed E-state index contributed by atoms with van der Waals surface area (Å²) >= 11 is 0. The van der Waals surface area contributed by atoms with E-state index in [1.807, 2.05) is 0 Å². The van der Waals surface area contributed by atoms with Gasteiger partial charge in [0.2, 0.25) is 0 Å². The molecule has 100 valence electrons. The summed E-state index contributed by atoms with van der Waals surface area (Å²) < 4.78 is 5.50. The van der Waals surface area contributed by atoms with Crippen LogP contribution in [0.5, 0.6) is 0 Å². The maximum atomic E-state index is 5.50. The highest BCUT2D eigenvalue weighted by molar-refractivity contribution is 5.02. The average Bonchev–Trinajstić information content (AvgIpc) is 2.87. The molecule has 3 nitrogen and oxygen atoms in total. The first-order valence-corrected chi connectivity index (χ1v) is 7.36. The van der Waals surface area contributed by atoms with Gasteiger partial charge in [0.15, 0.2) is 0 Å². The van der Waals surface area contributed by atoms with Crippen molar-refractivity contribution in [3.8, 4) is 0 Å². The van der Waals surface area contributed by atoms with Gasteiger partial charge in [-0.25, -0.2) is 0 Å². The Balaban J connectivity index is 2.02. The molecule has 2 aliphatic rings. The van der Waals surface area contributed by atoms with Crippen LogP contribution in [0.1, 0.15) is 46.0 Å². The zero-order chi connectivity index (χ0) is 12.1. The summed E-state index contributed by atoms with van der Waals surface area (Å²) in [7, 11) is 0. The minimum absolute atomic E-state index is 0.416. The van der Waals surface area contributed by atoms with Crippen LogP contribution in [0, 0.1) is 0 Å². The van der Waals surface area contributed by atoms with Crippen LogP contribution in [-0.2, 0) is 4.74 Å². The number of ether oxygens (including phenoxy) is 1. The van der Waals surface area contributed by atoms with Crippen molar-refractivity contribution in [3.05, 3.63) is 0 Å². The van der Waals surface area contributed by atoms with Gasteiger partial charge in [0.1, 0.15) is 0 Å². The molecule has 0 aromatic rings. The van der Waals surface area contributed by atoms with Crippen LogP contribution in [0.25, 0.3) is 0 Å². The van der Waals surface area contributed by atoms with Crippen LogP contribution in [-0.4, -0.2) is 49.3 Å². The van der Waals surface area contributed by atoms with E-state index in [4.69, 9.17) is 4.74 Å². The average molecular weight is 240 g/mol. The van der Waals surface area contributed by atoms with Crippen LogP contribution in [0.3, 0.4) is 0 Å². The monoisotopic (exact) mass is 240 g/mol. The van der Waals surface area contributed by atoms with Gasteiger partial charge in [-0.15, -0.1) is 0 Å². The fourth-order valence-electron chi connectivity index (χ4n) is 3.57. The SMILES string of the molecule is CCCNC(C)C1(N2CCOCC2)CCCC1. The van der Waals surface area contributed by atoms with Crippen LogP contribution in [0.2, 0.25) is 0 Å². The van der Waals surface area contributed by atoms with Gasteiger partial charge in [0, 0.05) is 24.7 Å². The first-order valence-electron chi connectivity index (χ1n) is 7.36. The maximum absolute atomic E-state index is 5.50. The Morgan fingerprint density at radius 1 is 1.24 bits per heavy atom. The zero-order valence-electron chi connectivity index (χ0n) is 11.5. The number of morpholine rings is 1. The zero-order valence-corrected chi connectivity index (χ0v) is 11.5. The van der Waals surface area contributed by atoms with E-state index in [1.165, 1.54) is 32.1 Å². The van der Waals surface area contributed by atoms with Gasteiger partial charge in [-0.3, -0.25) is 4.90 Å². The fourth-order valence-corrected chi connectivity index (χ4v) is 3.57. The lowest BCUT2D eigenvalue weighted by Gasteiger charge is -2.47. The molecule has 0 spiro atoms. The molecule has 1 N–H and O–H groups in total. The Kier molecular flexibility index (Phi) is 4.83. The van der Waals surface area contributed by atoms with Crippen molar-refractivity contribution in [2.45, 2.75) is 57.5 Å². The second-order valence-electron chi connectivity index (χ2n) is 5.59. The summed E-state index contributed by atoms with van der Waals surface area (Å²) in [5, 5.41) is 3.73. The van der Waals surface area contributed by atoms with E-state index in [1.54, 1.807) is 0 Å².